The molecule has 0 bridgehead atoms. The van der Waals surface area contributed by atoms with Gasteiger partial charge in [0.15, 0.2) is 0 Å². The second-order valence-electron chi connectivity index (χ2n) is 2.02. The van der Waals surface area contributed by atoms with Crippen molar-refractivity contribution in [2.24, 2.45) is 11.5 Å². The molecule has 0 aromatic carbocycles. The Morgan fingerprint density at radius 1 is 1.70 bits per heavy atom. The van der Waals surface area contributed by atoms with Crippen molar-refractivity contribution in [2.75, 3.05) is 6.54 Å². The van der Waals surface area contributed by atoms with Crippen LogP contribution in [0.4, 0.5) is 0 Å². The smallest absolute Gasteiger partial charge is 0.231 e. The van der Waals surface area contributed by atoms with E-state index >= 15 is 0 Å². The van der Waals surface area contributed by atoms with Gasteiger partial charge < -0.3 is 11.5 Å². The Bertz CT molecular complexity index is 145. The van der Waals surface area contributed by atoms with Gasteiger partial charge in [0.25, 0.3) is 0 Å². The summed E-state index contributed by atoms with van der Waals surface area (Å²) in [6, 6.07) is -0.285. The molecule has 0 radical (unpaired) electrons. The molecular formula is C5H12N4O. The first kappa shape index (κ1) is 8.90. The zero-order chi connectivity index (χ0) is 8.15. The normalized spacial score (nSPS) is 12.5. The minimum atomic E-state index is -0.451. The Morgan fingerprint density at radius 3 is 2.50 bits per heavy atom. The van der Waals surface area contributed by atoms with Crippen LogP contribution in [0.1, 0.15) is 6.92 Å². The van der Waals surface area contributed by atoms with Crippen LogP contribution in [0, 0.1) is 5.41 Å². The summed E-state index contributed by atoms with van der Waals surface area (Å²) in [6.45, 7) is 1.74. The third-order valence-electron chi connectivity index (χ3n) is 1.05. The van der Waals surface area contributed by atoms with Crippen LogP contribution in [-0.4, -0.2) is 24.3 Å². The van der Waals surface area contributed by atoms with E-state index in [0.29, 0.717) is 0 Å². The molecule has 0 saturated carbocycles. The van der Waals surface area contributed by atoms with Crippen LogP contribution >= 0.6 is 0 Å². The van der Waals surface area contributed by atoms with Gasteiger partial charge in [0.1, 0.15) is 5.84 Å². The van der Waals surface area contributed by atoms with Gasteiger partial charge in [-0.1, -0.05) is 0 Å². The summed E-state index contributed by atoms with van der Waals surface area (Å²) in [5.74, 6) is -0.450. The third kappa shape index (κ3) is 3.85. The van der Waals surface area contributed by atoms with Crippen LogP contribution in [0.15, 0.2) is 0 Å². The Labute approximate surface area is 59.3 Å². The highest BCUT2D eigenvalue weighted by molar-refractivity contribution is 5.83. The molecule has 10 heavy (non-hydrogen) atoms. The average molecular weight is 144 g/mol. The summed E-state index contributed by atoms with van der Waals surface area (Å²) in [5, 5.41) is 9.57. The van der Waals surface area contributed by atoms with Crippen molar-refractivity contribution < 1.29 is 4.79 Å². The molecule has 1 amide bonds. The monoisotopic (exact) mass is 144 g/mol. The number of hydrogen-bond donors (Lipinski definition) is 4. The molecular weight excluding hydrogens is 132 g/mol. The lowest BCUT2D eigenvalue weighted by Crippen LogP contribution is -2.42. The van der Waals surface area contributed by atoms with Gasteiger partial charge in [0, 0.05) is 0 Å². The van der Waals surface area contributed by atoms with Crippen LogP contribution < -0.4 is 16.8 Å². The predicted octanol–water partition coefficient (Wildman–Crippen LogP) is -1.61. The number of amides is 1. The van der Waals surface area contributed by atoms with Crippen molar-refractivity contribution in [1.82, 2.24) is 5.32 Å². The molecule has 0 spiro atoms. The molecule has 5 heteroatoms. The number of carbonyl (C=O) groups is 1. The van der Waals surface area contributed by atoms with E-state index in [1.54, 1.807) is 6.92 Å². The lowest BCUT2D eigenvalue weighted by Gasteiger charge is -2.08. The van der Waals surface area contributed by atoms with Crippen molar-refractivity contribution in [1.29, 1.82) is 5.41 Å². The molecule has 5 nitrogen and oxygen atoms in total. The van der Waals surface area contributed by atoms with Crippen LogP contribution in [-0.2, 0) is 4.79 Å². The summed E-state index contributed by atoms with van der Waals surface area (Å²) in [7, 11) is 0. The largest absolute Gasteiger partial charge is 0.386 e. The molecule has 0 aromatic heterocycles. The van der Waals surface area contributed by atoms with Gasteiger partial charge in [-0.25, -0.2) is 0 Å². The quantitative estimate of drug-likeness (QED) is 0.281. The fourth-order valence-corrected chi connectivity index (χ4v) is 0.364. The molecule has 58 valence electrons. The lowest BCUT2D eigenvalue weighted by molar-refractivity contribution is -0.117. The van der Waals surface area contributed by atoms with E-state index < -0.39 is 5.91 Å². The van der Waals surface area contributed by atoms with Crippen LogP contribution in [0.2, 0.25) is 0 Å². The molecule has 0 aromatic rings. The number of rotatable bonds is 4. The molecule has 0 aliphatic rings. The molecule has 1 atom stereocenters. The van der Waals surface area contributed by atoms with E-state index in [0.717, 1.165) is 0 Å². The van der Waals surface area contributed by atoms with Crippen molar-refractivity contribution in [2.45, 2.75) is 13.0 Å². The topological polar surface area (TPSA) is 105 Å². The first-order valence-corrected chi connectivity index (χ1v) is 2.89. The second-order valence-corrected chi connectivity index (χ2v) is 2.02. The highest BCUT2D eigenvalue weighted by atomic mass is 16.1. The zero-order valence-corrected chi connectivity index (χ0v) is 5.85. The zero-order valence-electron chi connectivity index (χ0n) is 5.85. The number of nitrogens with one attached hydrogen (secondary N) is 2. The molecule has 0 aliphatic carbocycles. The molecule has 0 saturated heterocycles. The van der Waals surface area contributed by atoms with Crippen LogP contribution in [0.5, 0.6) is 0 Å². The van der Waals surface area contributed by atoms with Gasteiger partial charge in [0.05, 0.1) is 12.6 Å². The van der Waals surface area contributed by atoms with Crippen molar-refractivity contribution in [3.05, 3.63) is 0 Å². The summed E-state index contributed by atoms with van der Waals surface area (Å²) in [5.41, 5.74) is 9.92. The molecule has 1 unspecified atom stereocenters. The van der Waals surface area contributed by atoms with Gasteiger partial charge in [0.2, 0.25) is 5.91 Å². The first-order valence-electron chi connectivity index (χ1n) is 2.89. The SMILES string of the molecule is CC(NCC(N)=O)C(=N)N. The number of primary amides is 1. The fourth-order valence-electron chi connectivity index (χ4n) is 0.364. The Morgan fingerprint density at radius 2 is 2.20 bits per heavy atom. The Balaban J connectivity index is 3.49. The maximum absolute atomic E-state index is 10.2. The summed E-state index contributed by atoms with van der Waals surface area (Å²) >= 11 is 0. The van der Waals surface area contributed by atoms with Crippen molar-refractivity contribution >= 4 is 11.7 Å². The highest BCUT2D eigenvalue weighted by Gasteiger charge is 2.03. The van der Waals surface area contributed by atoms with Gasteiger partial charge in [-0.3, -0.25) is 15.5 Å². The molecule has 0 aliphatic heterocycles. The Kier molecular flexibility index (Phi) is 3.42. The number of hydrogen-bond acceptors (Lipinski definition) is 3. The summed E-state index contributed by atoms with van der Waals surface area (Å²) < 4.78 is 0. The number of amidine groups is 1. The van der Waals surface area contributed by atoms with Crippen molar-refractivity contribution in [3.8, 4) is 0 Å². The van der Waals surface area contributed by atoms with Gasteiger partial charge in [-0.2, -0.15) is 0 Å². The first-order chi connectivity index (χ1) is 4.54. The predicted molar refractivity (Wildman–Crippen MR) is 38.6 cm³/mol. The maximum Gasteiger partial charge on any atom is 0.231 e. The molecule has 0 heterocycles. The van der Waals surface area contributed by atoms with E-state index in [1.807, 2.05) is 0 Å². The average Bonchev–Trinajstić information content (AvgIpc) is 1.82. The minimum Gasteiger partial charge on any atom is -0.386 e. The number of carbonyl (C=O) groups excluding carboxylic acids is 1. The molecule has 0 fully saturated rings. The minimum absolute atomic E-state index is 0.00116. The van der Waals surface area contributed by atoms with E-state index in [9.17, 15) is 4.79 Å². The van der Waals surface area contributed by atoms with Gasteiger partial charge in [-0.05, 0) is 6.92 Å². The standard InChI is InChI=1S/C5H12N4O/c1-3(5(7)8)9-2-4(6)10/h3,9H,2H2,1H3,(H2,6,10)(H3,7,8). The van der Waals surface area contributed by atoms with Gasteiger partial charge >= 0.3 is 0 Å². The van der Waals surface area contributed by atoms with Crippen LogP contribution in [0.25, 0.3) is 0 Å². The van der Waals surface area contributed by atoms with Gasteiger partial charge in [-0.15, -0.1) is 0 Å². The van der Waals surface area contributed by atoms with E-state index in [-0.39, 0.29) is 18.4 Å². The van der Waals surface area contributed by atoms with E-state index in [4.69, 9.17) is 16.9 Å². The third-order valence-corrected chi connectivity index (χ3v) is 1.05. The van der Waals surface area contributed by atoms with Crippen LogP contribution in [0.3, 0.4) is 0 Å². The number of nitrogens with two attached hydrogens (primary N) is 2. The highest BCUT2D eigenvalue weighted by Crippen LogP contribution is 1.76. The summed E-state index contributed by atoms with van der Waals surface area (Å²) in [6.07, 6.45) is 0. The Hall–Kier alpha value is -1.10. The molecule has 0 rings (SSSR count). The van der Waals surface area contributed by atoms with Crippen molar-refractivity contribution in [3.63, 3.8) is 0 Å². The maximum atomic E-state index is 10.2. The molecule has 6 N–H and O–H groups in total. The lowest BCUT2D eigenvalue weighted by atomic mass is 10.3. The van der Waals surface area contributed by atoms with E-state index in [2.05, 4.69) is 5.32 Å². The fraction of sp³-hybridized carbons (Fsp3) is 0.600. The summed E-state index contributed by atoms with van der Waals surface area (Å²) in [4.78, 5) is 10.2. The van der Waals surface area contributed by atoms with E-state index in [1.165, 1.54) is 0 Å². The second kappa shape index (κ2) is 3.84.